The second-order valence-corrected chi connectivity index (χ2v) is 8.44. The number of ether oxygens (including phenoxy) is 2. The maximum Gasteiger partial charge on any atom is 0.249 e. The van der Waals surface area contributed by atoms with Crippen molar-refractivity contribution in [2.75, 3.05) is 31.8 Å². The number of hydrogen-bond donors (Lipinski definition) is 1. The summed E-state index contributed by atoms with van der Waals surface area (Å²) in [6.07, 6.45) is 0.138. The first-order valence-corrected chi connectivity index (χ1v) is 10.6. The Labute approximate surface area is 163 Å². The van der Waals surface area contributed by atoms with Crippen molar-refractivity contribution in [1.29, 1.82) is 0 Å². The van der Waals surface area contributed by atoms with E-state index >= 15 is 0 Å². The number of carbonyl (C=O) groups is 1. The molecule has 1 aromatic carbocycles. The Balaban J connectivity index is 2.23. The number of rotatable bonds is 9. The molecule has 0 saturated heterocycles. The first kappa shape index (κ1) is 21.3. The number of carbonyl (C=O) groups excluding carboxylic acids is 1. The molecule has 10 heteroatoms. The Morgan fingerprint density at radius 1 is 1.30 bits per heavy atom. The van der Waals surface area contributed by atoms with Gasteiger partial charge in [0.2, 0.25) is 15.9 Å². The van der Waals surface area contributed by atoms with Crippen molar-refractivity contribution in [3.05, 3.63) is 35.5 Å². The lowest BCUT2D eigenvalue weighted by molar-refractivity contribution is -0.118. The van der Waals surface area contributed by atoms with E-state index in [0.717, 1.165) is 22.6 Å². The molecule has 148 valence electrons. The molecule has 0 aliphatic carbocycles. The Morgan fingerprint density at radius 3 is 2.48 bits per heavy atom. The Kier molecular flexibility index (Phi) is 7.31. The van der Waals surface area contributed by atoms with Gasteiger partial charge in [-0.2, -0.15) is 0 Å². The number of methoxy groups -OCH3 is 1. The zero-order valence-electron chi connectivity index (χ0n) is 15.5. The molecule has 27 heavy (non-hydrogen) atoms. The standard InChI is InChI=1S/C17H23N3O5S2/c1-4-25-14-7-5-13(6-8-14)11-15(21)20(9-10-24-3)17-19-12(2)16(26-17)27(18,22)23/h5-8H,4,9-11H2,1-3H3,(H2,18,22,23). The fourth-order valence-corrected chi connectivity index (χ4v) is 4.39. The molecular weight excluding hydrogens is 390 g/mol. The predicted octanol–water partition coefficient (Wildman–Crippen LogP) is 1.72. The summed E-state index contributed by atoms with van der Waals surface area (Å²) in [5, 5.41) is 5.49. The van der Waals surface area contributed by atoms with Crippen LogP contribution in [0.1, 0.15) is 18.2 Å². The Bertz CT molecular complexity index is 878. The van der Waals surface area contributed by atoms with E-state index in [1.165, 1.54) is 12.0 Å². The number of amides is 1. The van der Waals surface area contributed by atoms with Crippen LogP contribution in [-0.2, 0) is 26.0 Å². The van der Waals surface area contributed by atoms with Crippen molar-refractivity contribution in [3.63, 3.8) is 0 Å². The molecule has 0 radical (unpaired) electrons. The molecule has 0 aliphatic rings. The van der Waals surface area contributed by atoms with E-state index in [1.54, 1.807) is 19.1 Å². The van der Waals surface area contributed by atoms with Crippen LogP contribution in [0.15, 0.2) is 28.5 Å². The molecule has 0 fully saturated rings. The minimum absolute atomic E-state index is 0.0474. The minimum atomic E-state index is -3.89. The van der Waals surface area contributed by atoms with Gasteiger partial charge in [0.05, 0.1) is 31.9 Å². The second kappa shape index (κ2) is 9.27. The number of nitrogens with zero attached hydrogens (tertiary/aromatic N) is 2. The summed E-state index contributed by atoms with van der Waals surface area (Å²) in [6.45, 7) is 4.56. The van der Waals surface area contributed by atoms with Crippen LogP contribution >= 0.6 is 11.3 Å². The van der Waals surface area contributed by atoms with Crippen LogP contribution in [0.5, 0.6) is 5.75 Å². The van der Waals surface area contributed by atoms with Crippen molar-refractivity contribution in [2.24, 2.45) is 5.14 Å². The van der Waals surface area contributed by atoms with E-state index in [4.69, 9.17) is 14.6 Å². The molecule has 2 rings (SSSR count). The van der Waals surface area contributed by atoms with Crippen molar-refractivity contribution in [2.45, 2.75) is 24.5 Å². The number of benzene rings is 1. The Morgan fingerprint density at radius 2 is 1.96 bits per heavy atom. The van der Waals surface area contributed by atoms with Crippen molar-refractivity contribution >= 4 is 32.4 Å². The summed E-state index contributed by atoms with van der Waals surface area (Å²) in [6, 6.07) is 7.25. The van der Waals surface area contributed by atoms with Gasteiger partial charge < -0.3 is 9.47 Å². The van der Waals surface area contributed by atoms with Crippen LogP contribution in [0, 0.1) is 6.92 Å². The third kappa shape index (κ3) is 5.73. The average Bonchev–Trinajstić information content (AvgIpc) is 2.99. The first-order chi connectivity index (χ1) is 12.8. The molecule has 2 N–H and O–H groups in total. The summed E-state index contributed by atoms with van der Waals surface area (Å²) < 4.78 is 33.7. The maximum atomic E-state index is 12.8. The van der Waals surface area contributed by atoms with E-state index in [-0.39, 0.29) is 33.9 Å². The number of aryl methyl sites for hydroxylation is 1. The van der Waals surface area contributed by atoms with E-state index in [2.05, 4.69) is 4.98 Å². The van der Waals surface area contributed by atoms with Gasteiger partial charge >= 0.3 is 0 Å². The highest BCUT2D eigenvalue weighted by molar-refractivity contribution is 7.91. The van der Waals surface area contributed by atoms with Gasteiger partial charge in [0, 0.05) is 7.11 Å². The molecule has 0 unspecified atom stereocenters. The van der Waals surface area contributed by atoms with Crippen molar-refractivity contribution in [3.8, 4) is 5.75 Å². The topological polar surface area (TPSA) is 112 Å². The molecule has 0 saturated carbocycles. The molecule has 1 aromatic heterocycles. The van der Waals surface area contributed by atoms with E-state index < -0.39 is 10.0 Å². The lowest BCUT2D eigenvalue weighted by atomic mass is 10.1. The number of aromatic nitrogens is 1. The first-order valence-electron chi connectivity index (χ1n) is 8.27. The molecule has 0 atom stereocenters. The van der Waals surface area contributed by atoms with Gasteiger partial charge in [0.15, 0.2) is 9.34 Å². The highest BCUT2D eigenvalue weighted by atomic mass is 32.2. The van der Waals surface area contributed by atoms with Gasteiger partial charge in [-0.05, 0) is 31.5 Å². The maximum absolute atomic E-state index is 12.8. The van der Waals surface area contributed by atoms with E-state index in [1.807, 2.05) is 19.1 Å². The van der Waals surface area contributed by atoms with Gasteiger partial charge in [-0.25, -0.2) is 18.5 Å². The van der Waals surface area contributed by atoms with Gasteiger partial charge in [-0.3, -0.25) is 9.69 Å². The van der Waals surface area contributed by atoms with E-state index in [9.17, 15) is 13.2 Å². The fourth-order valence-electron chi connectivity index (χ4n) is 2.40. The lowest BCUT2D eigenvalue weighted by Gasteiger charge is -2.19. The van der Waals surface area contributed by atoms with Crippen LogP contribution in [0.3, 0.4) is 0 Å². The molecule has 0 spiro atoms. The highest BCUT2D eigenvalue weighted by Gasteiger charge is 2.24. The zero-order valence-corrected chi connectivity index (χ0v) is 17.1. The molecule has 1 heterocycles. The van der Waals surface area contributed by atoms with E-state index in [0.29, 0.717) is 13.2 Å². The van der Waals surface area contributed by atoms with Crippen LogP contribution in [-0.4, -0.2) is 46.2 Å². The quantitative estimate of drug-likeness (QED) is 0.670. The van der Waals surface area contributed by atoms with Crippen molar-refractivity contribution < 1.29 is 22.7 Å². The summed E-state index contributed by atoms with van der Waals surface area (Å²) in [7, 11) is -2.36. The van der Waals surface area contributed by atoms with Crippen LogP contribution in [0.2, 0.25) is 0 Å². The summed E-state index contributed by atoms with van der Waals surface area (Å²) in [4.78, 5) is 18.5. The average molecular weight is 414 g/mol. The van der Waals surface area contributed by atoms with Crippen LogP contribution in [0.25, 0.3) is 0 Å². The molecule has 8 nitrogen and oxygen atoms in total. The number of sulfonamides is 1. The smallest absolute Gasteiger partial charge is 0.249 e. The number of primary sulfonamides is 1. The molecular formula is C17H23N3O5S2. The summed E-state index contributed by atoms with van der Waals surface area (Å²) in [5.74, 6) is 0.518. The fraction of sp³-hybridized carbons (Fsp3) is 0.412. The SMILES string of the molecule is CCOc1ccc(CC(=O)N(CCOC)c2nc(C)c(S(N)(=O)=O)s2)cc1. The molecule has 0 aliphatic heterocycles. The third-order valence-electron chi connectivity index (χ3n) is 3.64. The summed E-state index contributed by atoms with van der Waals surface area (Å²) in [5.41, 5.74) is 1.08. The predicted molar refractivity (Wildman–Crippen MR) is 104 cm³/mol. The van der Waals surface area contributed by atoms with Gasteiger partial charge in [0.1, 0.15) is 5.75 Å². The molecule has 2 aromatic rings. The highest BCUT2D eigenvalue weighted by Crippen LogP contribution is 2.29. The zero-order chi connectivity index (χ0) is 20.0. The van der Waals surface area contributed by atoms with Gasteiger partial charge in [-0.15, -0.1) is 0 Å². The molecule has 1 amide bonds. The van der Waals surface area contributed by atoms with Crippen LogP contribution < -0.4 is 14.8 Å². The second-order valence-electron chi connectivity index (χ2n) is 5.71. The van der Waals surface area contributed by atoms with Crippen molar-refractivity contribution in [1.82, 2.24) is 4.98 Å². The Hall–Kier alpha value is -2.01. The monoisotopic (exact) mass is 413 g/mol. The number of nitrogens with two attached hydrogens (primary N) is 1. The van der Waals surface area contributed by atoms with Gasteiger partial charge in [-0.1, -0.05) is 23.5 Å². The number of thiazole rings is 1. The number of hydrogen-bond acceptors (Lipinski definition) is 7. The normalized spacial score (nSPS) is 11.4. The minimum Gasteiger partial charge on any atom is -0.494 e. The van der Waals surface area contributed by atoms with Crippen LogP contribution in [0.4, 0.5) is 5.13 Å². The molecule has 0 bridgehead atoms. The number of anilines is 1. The largest absolute Gasteiger partial charge is 0.494 e. The lowest BCUT2D eigenvalue weighted by Crippen LogP contribution is -2.35. The third-order valence-corrected chi connectivity index (χ3v) is 6.38. The van der Waals surface area contributed by atoms with Gasteiger partial charge in [0.25, 0.3) is 0 Å². The summed E-state index contributed by atoms with van der Waals surface area (Å²) >= 11 is 0.878.